The highest BCUT2D eigenvalue weighted by Gasteiger charge is 2.12. The Morgan fingerprint density at radius 2 is 1.35 bits per heavy atom. The van der Waals surface area contributed by atoms with Crippen molar-refractivity contribution in [1.82, 2.24) is 0 Å². The monoisotopic (exact) mass is 381 g/mol. The van der Waals surface area contributed by atoms with Gasteiger partial charge in [-0.25, -0.2) is 13.6 Å². The minimum Gasteiger partial charge on any atom is -0.493 e. The van der Waals surface area contributed by atoms with Gasteiger partial charge in [-0.1, -0.05) is 0 Å². The molecule has 2 aromatic carbocycles. The second-order valence-corrected chi connectivity index (χ2v) is 6.90. The lowest BCUT2D eigenvalue weighted by atomic mass is 10.2. The molecular formula is C17H23N3O5S. The van der Waals surface area contributed by atoms with Gasteiger partial charge in [0.1, 0.15) is 0 Å². The van der Waals surface area contributed by atoms with Gasteiger partial charge in [0.05, 0.1) is 26.2 Å². The number of sulfonamides is 1. The number of rotatable bonds is 9. The van der Waals surface area contributed by atoms with E-state index in [0.717, 1.165) is 11.4 Å². The van der Waals surface area contributed by atoms with Crippen LogP contribution in [0.5, 0.6) is 17.2 Å². The molecule has 142 valence electrons. The molecule has 2 aromatic rings. The first-order valence-electron chi connectivity index (χ1n) is 7.79. The largest absolute Gasteiger partial charge is 0.493 e. The van der Waals surface area contributed by atoms with Crippen molar-refractivity contribution in [3.63, 3.8) is 0 Å². The first-order chi connectivity index (χ1) is 12.4. The van der Waals surface area contributed by atoms with Gasteiger partial charge in [-0.05, 0) is 24.3 Å². The number of hydrogen-bond donors (Lipinski definition) is 3. The molecule has 2 rings (SSSR count). The van der Waals surface area contributed by atoms with E-state index in [-0.39, 0.29) is 4.90 Å². The van der Waals surface area contributed by atoms with Crippen LogP contribution < -0.4 is 30.0 Å². The first kappa shape index (κ1) is 19.7. The first-order valence-corrected chi connectivity index (χ1v) is 9.34. The SMILES string of the molecule is COc1cc(NCCNc2ccc(S(N)(=O)=O)cc2)cc(OC)c1OC. The van der Waals surface area contributed by atoms with Gasteiger partial charge >= 0.3 is 0 Å². The normalized spacial score (nSPS) is 10.9. The molecule has 0 heterocycles. The van der Waals surface area contributed by atoms with Gasteiger partial charge in [0.15, 0.2) is 11.5 Å². The number of primary sulfonamides is 1. The summed E-state index contributed by atoms with van der Waals surface area (Å²) in [5.74, 6) is 1.68. The lowest BCUT2D eigenvalue weighted by molar-refractivity contribution is 0.324. The van der Waals surface area contributed by atoms with Crippen molar-refractivity contribution in [3.8, 4) is 17.2 Å². The maximum absolute atomic E-state index is 11.2. The van der Waals surface area contributed by atoms with Crippen LogP contribution in [0.4, 0.5) is 11.4 Å². The molecule has 0 aliphatic carbocycles. The van der Waals surface area contributed by atoms with Crippen molar-refractivity contribution in [2.75, 3.05) is 45.1 Å². The number of nitrogens with two attached hydrogens (primary N) is 1. The summed E-state index contributed by atoms with van der Waals surface area (Å²) in [6, 6.07) is 9.90. The highest BCUT2D eigenvalue weighted by molar-refractivity contribution is 7.89. The van der Waals surface area contributed by atoms with Gasteiger partial charge in [-0.2, -0.15) is 0 Å². The average molecular weight is 381 g/mol. The topological polar surface area (TPSA) is 112 Å². The molecule has 0 fully saturated rings. The second-order valence-electron chi connectivity index (χ2n) is 5.34. The molecule has 0 aliphatic rings. The molecule has 0 spiro atoms. The predicted molar refractivity (Wildman–Crippen MR) is 101 cm³/mol. The Bertz CT molecular complexity index is 813. The standard InChI is InChI=1S/C17H23N3O5S/c1-23-15-10-13(11-16(24-2)17(15)25-3)20-9-8-19-12-4-6-14(7-5-12)26(18,21)22/h4-7,10-11,19-20H,8-9H2,1-3H3,(H2,18,21,22). The number of hydrogen-bond acceptors (Lipinski definition) is 7. The molecule has 0 saturated heterocycles. The highest BCUT2D eigenvalue weighted by atomic mass is 32.2. The molecule has 0 radical (unpaired) electrons. The van der Waals surface area contributed by atoms with Crippen molar-refractivity contribution in [1.29, 1.82) is 0 Å². The number of benzene rings is 2. The Hall–Kier alpha value is -2.65. The molecule has 0 bridgehead atoms. The van der Waals surface area contributed by atoms with Crippen LogP contribution in [-0.2, 0) is 10.0 Å². The zero-order valence-corrected chi connectivity index (χ0v) is 15.7. The van der Waals surface area contributed by atoms with Crippen LogP contribution in [0.15, 0.2) is 41.3 Å². The Kier molecular flexibility index (Phi) is 6.53. The highest BCUT2D eigenvalue weighted by Crippen LogP contribution is 2.39. The van der Waals surface area contributed by atoms with E-state index >= 15 is 0 Å². The third kappa shape index (κ3) is 4.93. The van der Waals surface area contributed by atoms with Crippen LogP contribution in [0, 0.1) is 0 Å². The van der Waals surface area contributed by atoms with Crippen molar-refractivity contribution >= 4 is 21.4 Å². The summed E-state index contributed by atoms with van der Waals surface area (Å²) in [4.78, 5) is 0.0820. The zero-order valence-electron chi connectivity index (χ0n) is 14.9. The average Bonchev–Trinajstić information content (AvgIpc) is 2.63. The summed E-state index contributed by atoms with van der Waals surface area (Å²) in [7, 11) is 1.01. The summed E-state index contributed by atoms with van der Waals surface area (Å²) in [5.41, 5.74) is 1.62. The van der Waals surface area contributed by atoms with Crippen LogP contribution in [0.1, 0.15) is 0 Å². The Morgan fingerprint density at radius 3 is 1.77 bits per heavy atom. The Morgan fingerprint density at radius 1 is 0.846 bits per heavy atom. The maximum atomic E-state index is 11.2. The summed E-state index contributed by atoms with van der Waals surface area (Å²) >= 11 is 0. The van der Waals surface area contributed by atoms with E-state index in [1.807, 2.05) is 12.1 Å². The zero-order chi connectivity index (χ0) is 19.2. The fraction of sp³-hybridized carbons (Fsp3) is 0.294. The number of methoxy groups -OCH3 is 3. The minimum absolute atomic E-state index is 0.0820. The molecule has 8 nitrogen and oxygen atoms in total. The van der Waals surface area contributed by atoms with E-state index in [0.29, 0.717) is 30.3 Å². The molecule has 0 aromatic heterocycles. The molecule has 0 saturated carbocycles. The summed E-state index contributed by atoms with van der Waals surface area (Å²) in [6.45, 7) is 1.24. The van der Waals surface area contributed by atoms with Gasteiger partial charge < -0.3 is 24.8 Å². The fourth-order valence-corrected chi connectivity index (χ4v) is 2.87. The van der Waals surface area contributed by atoms with Gasteiger partial charge in [0.2, 0.25) is 15.8 Å². The minimum atomic E-state index is -3.67. The van der Waals surface area contributed by atoms with Crippen LogP contribution in [0.25, 0.3) is 0 Å². The Balaban J connectivity index is 1.94. The van der Waals surface area contributed by atoms with Crippen LogP contribution >= 0.6 is 0 Å². The van der Waals surface area contributed by atoms with Gasteiger partial charge in [-0.3, -0.25) is 0 Å². The van der Waals surface area contributed by atoms with E-state index in [1.54, 1.807) is 33.5 Å². The van der Waals surface area contributed by atoms with Gasteiger partial charge in [-0.15, -0.1) is 0 Å². The predicted octanol–water partition coefficient (Wildman–Crippen LogP) is 1.88. The molecule has 4 N–H and O–H groups in total. The van der Waals surface area contributed by atoms with Crippen LogP contribution in [0.2, 0.25) is 0 Å². The Labute approximate surface area is 153 Å². The number of anilines is 2. The van der Waals surface area contributed by atoms with Crippen molar-refractivity contribution in [2.24, 2.45) is 5.14 Å². The van der Waals surface area contributed by atoms with E-state index in [4.69, 9.17) is 19.3 Å². The molecule has 0 aliphatic heterocycles. The maximum Gasteiger partial charge on any atom is 0.238 e. The molecule has 9 heteroatoms. The van der Waals surface area contributed by atoms with Crippen molar-refractivity contribution in [3.05, 3.63) is 36.4 Å². The number of ether oxygens (including phenoxy) is 3. The molecule has 0 unspecified atom stereocenters. The van der Waals surface area contributed by atoms with Gasteiger partial charge in [0, 0.05) is 36.6 Å². The van der Waals surface area contributed by atoms with E-state index in [1.165, 1.54) is 12.1 Å². The molecular weight excluding hydrogens is 358 g/mol. The van der Waals surface area contributed by atoms with Crippen molar-refractivity contribution < 1.29 is 22.6 Å². The third-order valence-corrected chi connectivity index (χ3v) is 4.56. The molecule has 26 heavy (non-hydrogen) atoms. The van der Waals surface area contributed by atoms with E-state index in [2.05, 4.69) is 10.6 Å². The van der Waals surface area contributed by atoms with Gasteiger partial charge in [0.25, 0.3) is 0 Å². The molecule has 0 atom stereocenters. The molecule has 0 amide bonds. The number of nitrogens with one attached hydrogen (secondary N) is 2. The third-order valence-electron chi connectivity index (χ3n) is 3.63. The van der Waals surface area contributed by atoms with E-state index in [9.17, 15) is 8.42 Å². The summed E-state index contributed by atoms with van der Waals surface area (Å²) in [6.07, 6.45) is 0. The summed E-state index contributed by atoms with van der Waals surface area (Å²) in [5, 5.41) is 11.5. The lowest BCUT2D eigenvalue weighted by Gasteiger charge is -2.15. The van der Waals surface area contributed by atoms with Crippen LogP contribution in [0.3, 0.4) is 0 Å². The van der Waals surface area contributed by atoms with E-state index < -0.39 is 10.0 Å². The smallest absolute Gasteiger partial charge is 0.238 e. The second kappa shape index (κ2) is 8.63. The summed E-state index contributed by atoms with van der Waals surface area (Å²) < 4.78 is 38.4. The fourth-order valence-electron chi connectivity index (χ4n) is 2.36. The van der Waals surface area contributed by atoms with Crippen molar-refractivity contribution in [2.45, 2.75) is 4.90 Å². The quantitative estimate of drug-likeness (QED) is 0.569. The lowest BCUT2D eigenvalue weighted by Crippen LogP contribution is -2.14. The van der Waals surface area contributed by atoms with Crippen LogP contribution in [-0.4, -0.2) is 42.8 Å².